The lowest BCUT2D eigenvalue weighted by molar-refractivity contribution is -0.139. The largest absolute Gasteiger partial charge is 0.353 e. The SMILES string of the molecule is CCCCC(=O)N[C@H]1CC[C@@]23CCCN2C(=O)CCC[C@H]3[C@H]1C. The number of hydrogen-bond acceptors (Lipinski definition) is 2. The lowest BCUT2D eigenvalue weighted by Gasteiger charge is -2.52. The molecule has 0 radical (unpaired) electrons. The molecule has 3 rings (SSSR count). The van der Waals surface area contributed by atoms with E-state index in [9.17, 15) is 9.59 Å². The molecule has 4 atom stereocenters. The fraction of sp³-hybridized carbons (Fsp3) is 0.895. The average molecular weight is 320 g/mol. The lowest BCUT2D eigenvalue weighted by atomic mass is 9.63. The number of rotatable bonds is 4. The molecule has 0 aromatic heterocycles. The van der Waals surface area contributed by atoms with Gasteiger partial charge in [-0.3, -0.25) is 9.59 Å². The van der Waals surface area contributed by atoms with E-state index in [2.05, 4.69) is 24.1 Å². The highest BCUT2D eigenvalue weighted by molar-refractivity contribution is 5.78. The molecule has 1 spiro atoms. The van der Waals surface area contributed by atoms with Gasteiger partial charge in [-0.2, -0.15) is 0 Å². The van der Waals surface area contributed by atoms with Gasteiger partial charge in [-0.1, -0.05) is 20.3 Å². The molecule has 4 nitrogen and oxygen atoms in total. The Hall–Kier alpha value is -1.06. The Balaban J connectivity index is 1.72. The number of hydrogen-bond donors (Lipinski definition) is 1. The van der Waals surface area contributed by atoms with Gasteiger partial charge in [-0.15, -0.1) is 0 Å². The first-order chi connectivity index (χ1) is 11.1. The van der Waals surface area contributed by atoms with Crippen LogP contribution in [0.1, 0.15) is 78.1 Å². The Kier molecular flexibility index (Phi) is 4.98. The predicted octanol–water partition coefficient (Wildman–Crippen LogP) is 3.25. The van der Waals surface area contributed by atoms with Crippen molar-refractivity contribution < 1.29 is 9.59 Å². The molecule has 0 aromatic carbocycles. The second kappa shape index (κ2) is 6.82. The van der Waals surface area contributed by atoms with Crippen molar-refractivity contribution in [3.63, 3.8) is 0 Å². The summed E-state index contributed by atoms with van der Waals surface area (Å²) in [5.74, 6) is 1.62. The normalized spacial score (nSPS) is 37.0. The van der Waals surface area contributed by atoms with E-state index in [0.29, 0.717) is 30.2 Å². The highest BCUT2D eigenvalue weighted by atomic mass is 16.2. The summed E-state index contributed by atoms with van der Waals surface area (Å²) in [6.45, 7) is 5.38. The Morgan fingerprint density at radius 1 is 1.30 bits per heavy atom. The molecule has 2 heterocycles. The first-order valence-electron chi connectivity index (χ1n) is 9.68. The topological polar surface area (TPSA) is 49.4 Å². The zero-order valence-corrected chi connectivity index (χ0v) is 14.8. The smallest absolute Gasteiger partial charge is 0.223 e. The molecule has 2 saturated heterocycles. The van der Waals surface area contributed by atoms with Crippen molar-refractivity contribution in [3.05, 3.63) is 0 Å². The van der Waals surface area contributed by atoms with Crippen LogP contribution in [0.15, 0.2) is 0 Å². The molecule has 3 aliphatic rings. The van der Waals surface area contributed by atoms with Crippen LogP contribution in [-0.4, -0.2) is 34.8 Å². The maximum atomic E-state index is 12.5. The second-order valence-electron chi connectivity index (χ2n) is 7.93. The van der Waals surface area contributed by atoms with Crippen molar-refractivity contribution in [2.75, 3.05) is 6.54 Å². The monoisotopic (exact) mass is 320 g/mol. The van der Waals surface area contributed by atoms with Crippen LogP contribution < -0.4 is 5.32 Å². The summed E-state index contributed by atoms with van der Waals surface area (Å²) >= 11 is 0. The van der Waals surface area contributed by atoms with Gasteiger partial charge < -0.3 is 10.2 Å². The van der Waals surface area contributed by atoms with Gasteiger partial charge in [0.25, 0.3) is 0 Å². The third-order valence-corrected chi connectivity index (χ3v) is 6.69. The predicted molar refractivity (Wildman–Crippen MR) is 90.9 cm³/mol. The summed E-state index contributed by atoms with van der Waals surface area (Å²) in [7, 11) is 0. The number of carbonyl (C=O) groups is 2. The van der Waals surface area contributed by atoms with E-state index in [-0.39, 0.29) is 11.4 Å². The first-order valence-corrected chi connectivity index (χ1v) is 9.68. The molecule has 0 bridgehead atoms. The van der Waals surface area contributed by atoms with E-state index in [4.69, 9.17) is 0 Å². The van der Waals surface area contributed by atoms with Crippen LogP contribution in [-0.2, 0) is 9.59 Å². The van der Waals surface area contributed by atoms with Gasteiger partial charge in [-0.25, -0.2) is 0 Å². The minimum Gasteiger partial charge on any atom is -0.353 e. The molecule has 1 saturated carbocycles. The van der Waals surface area contributed by atoms with Crippen LogP contribution in [0.3, 0.4) is 0 Å². The van der Waals surface area contributed by atoms with Crippen molar-refractivity contribution in [2.24, 2.45) is 11.8 Å². The van der Waals surface area contributed by atoms with Gasteiger partial charge in [0.05, 0.1) is 0 Å². The standard InChI is InChI=1S/C19H32N2O2/c1-3-4-8-17(22)20-16-10-12-19-11-6-13-21(19)18(23)9-5-7-15(19)14(16)2/h14-16H,3-13H2,1-2H3,(H,20,22)/t14-,15+,16+,19-/m1/s1. The molecule has 2 amide bonds. The molecular formula is C19H32N2O2. The Morgan fingerprint density at radius 3 is 2.91 bits per heavy atom. The van der Waals surface area contributed by atoms with E-state index in [1.54, 1.807) is 0 Å². The molecule has 1 aliphatic carbocycles. The Labute approximate surface area is 140 Å². The van der Waals surface area contributed by atoms with Gasteiger partial charge in [0.2, 0.25) is 11.8 Å². The van der Waals surface area contributed by atoms with Crippen LogP contribution in [0, 0.1) is 11.8 Å². The molecular weight excluding hydrogens is 288 g/mol. The van der Waals surface area contributed by atoms with E-state index in [0.717, 1.165) is 57.9 Å². The number of amides is 2. The van der Waals surface area contributed by atoms with Crippen molar-refractivity contribution in [2.45, 2.75) is 89.6 Å². The fourth-order valence-electron chi connectivity index (χ4n) is 5.50. The lowest BCUT2D eigenvalue weighted by Crippen LogP contribution is -2.59. The third-order valence-electron chi connectivity index (χ3n) is 6.69. The average Bonchev–Trinajstić information content (AvgIpc) is 2.90. The quantitative estimate of drug-likeness (QED) is 0.864. The number of nitrogens with zero attached hydrogens (tertiary/aromatic N) is 1. The molecule has 23 heavy (non-hydrogen) atoms. The molecule has 3 fully saturated rings. The van der Waals surface area contributed by atoms with Gasteiger partial charge in [0, 0.05) is 31.0 Å². The number of nitrogens with one attached hydrogen (secondary N) is 1. The Morgan fingerprint density at radius 2 is 2.13 bits per heavy atom. The molecule has 130 valence electrons. The zero-order valence-electron chi connectivity index (χ0n) is 14.8. The summed E-state index contributed by atoms with van der Waals surface area (Å²) < 4.78 is 0. The third kappa shape index (κ3) is 3.01. The zero-order chi connectivity index (χ0) is 16.4. The number of carbonyl (C=O) groups excluding carboxylic acids is 2. The van der Waals surface area contributed by atoms with Gasteiger partial charge >= 0.3 is 0 Å². The summed E-state index contributed by atoms with van der Waals surface area (Å²) in [5.41, 5.74) is 0.109. The van der Waals surface area contributed by atoms with E-state index in [1.807, 2.05) is 0 Å². The summed E-state index contributed by atoms with van der Waals surface area (Å²) in [5, 5.41) is 3.30. The minimum absolute atomic E-state index is 0.109. The van der Waals surface area contributed by atoms with Crippen LogP contribution in [0.2, 0.25) is 0 Å². The van der Waals surface area contributed by atoms with E-state index in [1.165, 1.54) is 6.42 Å². The fourth-order valence-corrected chi connectivity index (χ4v) is 5.50. The highest BCUT2D eigenvalue weighted by Gasteiger charge is 2.55. The summed E-state index contributed by atoms with van der Waals surface area (Å²) in [4.78, 5) is 26.9. The van der Waals surface area contributed by atoms with Crippen LogP contribution in [0.5, 0.6) is 0 Å². The molecule has 1 N–H and O–H groups in total. The van der Waals surface area contributed by atoms with Crippen LogP contribution >= 0.6 is 0 Å². The molecule has 0 aromatic rings. The van der Waals surface area contributed by atoms with Crippen molar-refractivity contribution >= 4 is 11.8 Å². The summed E-state index contributed by atoms with van der Waals surface area (Å²) in [6, 6.07) is 0.297. The maximum Gasteiger partial charge on any atom is 0.223 e. The molecule has 4 heteroatoms. The van der Waals surface area contributed by atoms with Crippen LogP contribution in [0.25, 0.3) is 0 Å². The van der Waals surface area contributed by atoms with Gasteiger partial charge in [0.15, 0.2) is 0 Å². The van der Waals surface area contributed by atoms with Crippen molar-refractivity contribution in [3.8, 4) is 0 Å². The van der Waals surface area contributed by atoms with Crippen molar-refractivity contribution in [1.29, 1.82) is 0 Å². The van der Waals surface area contributed by atoms with E-state index >= 15 is 0 Å². The summed E-state index contributed by atoms with van der Waals surface area (Å²) in [6.07, 6.45) is 10.0. The van der Waals surface area contributed by atoms with Crippen molar-refractivity contribution in [1.82, 2.24) is 10.2 Å². The maximum absolute atomic E-state index is 12.5. The molecule has 0 unspecified atom stereocenters. The van der Waals surface area contributed by atoms with Crippen LogP contribution in [0.4, 0.5) is 0 Å². The second-order valence-corrected chi connectivity index (χ2v) is 7.93. The number of unbranched alkanes of at least 4 members (excludes halogenated alkanes) is 1. The highest BCUT2D eigenvalue weighted by Crippen LogP contribution is 2.51. The Bertz CT molecular complexity index is 464. The minimum atomic E-state index is 0.109. The van der Waals surface area contributed by atoms with Gasteiger partial charge in [0.1, 0.15) is 0 Å². The molecule has 2 aliphatic heterocycles. The van der Waals surface area contributed by atoms with Gasteiger partial charge in [-0.05, 0) is 56.8 Å². The first kappa shape index (κ1) is 16.8. The van der Waals surface area contributed by atoms with E-state index < -0.39 is 0 Å².